The molecule has 94 valence electrons. The van der Waals surface area contributed by atoms with E-state index in [4.69, 9.17) is 11.5 Å². The van der Waals surface area contributed by atoms with Gasteiger partial charge in [0.05, 0.1) is 16.9 Å². The highest BCUT2D eigenvalue weighted by Crippen LogP contribution is 2.21. The van der Waals surface area contributed by atoms with Gasteiger partial charge in [-0.05, 0) is 44.5 Å². The minimum absolute atomic E-state index is 0.376. The van der Waals surface area contributed by atoms with Gasteiger partial charge in [-0.3, -0.25) is 4.79 Å². The number of nitrogens with two attached hydrogens (primary N) is 2. The monoisotopic (exact) mass is 244 g/mol. The number of anilines is 1. The second kappa shape index (κ2) is 4.18. The molecule has 0 saturated carbocycles. The summed E-state index contributed by atoms with van der Waals surface area (Å²) in [6, 6.07) is 5.06. The molecule has 0 bridgehead atoms. The summed E-state index contributed by atoms with van der Waals surface area (Å²) in [5.74, 6) is -0.512. The number of nitrogens with zero attached hydrogens (tertiary/aromatic N) is 2. The Morgan fingerprint density at radius 2 is 1.94 bits per heavy atom. The summed E-state index contributed by atoms with van der Waals surface area (Å²) in [5, 5.41) is 4.42. The Balaban J connectivity index is 2.71. The van der Waals surface area contributed by atoms with Crippen molar-refractivity contribution in [2.75, 3.05) is 5.73 Å². The van der Waals surface area contributed by atoms with E-state index in [2.05, 4.69) is 5.10 Å². The van der Waals surface area contributed by atoms with Gasteiger partial charge in [0.15, 0.2) is 0 Å². The molecule has 0 unspecified atom stereocenters. The molecule has 2 rings (SSSR count). The van der Waals surface area contributed by atoms with Gasteiger partial charge in [-0.15, -0.1) is 0 Å². The van der Waals surface area contributed by atoms with Crippen LogP contribution in [0.2, 0.25) is 0 Å². The fraction of sp³-hybridized carbons (Fsp3) is 0.231. The molecule has 5 heteroatoms. The lowest BCUT2D eigenvalue weighted by molar-refractivity contribution is 0.1000. The summed E-state index contributed by atoms with van der Waals surface area (Å²) in [6.45, 7) is 5.88. The average Bonchev–Trinajstić information content (AvgIpc) is 2.57. The van der Waals surface area contributed by atoms with E-state index in [1.54, 1.807) is 22.9 Å². The van der Waals surface area contributed by atoms with Gasteiger partial charge >= 0.3 is 0 Å². The summed E-state index contributed by atoms with van der Waals surface area (Å²) >= 11 is 0. The topological polar surface area (TPSA) is 86.9 Å². The molecule has 1 aromatic heterocycles. The summed E-state index contributed by atoms with van der Waals surface area (Å²) in [4.78, 5) is 11.5. The van der Waals surface area contributed by atoms with Crippen molar-refractivity contribution in [2.24, 2.45) is 5.73 Å². The number of carbonyl (C=O) groups is 1. The number of hydrogen-bond donors (Lipinski definition) is 2. The number of nitrogen functional groups attached to an aromatic ring is 1. The molecule has 0 spiro atoms. The van der Waals surface area contributed by atoms with Crippen molar-refractivity contribution in [1.82, 2.24) is 9.78 Å². The van der Waals surface area contributed by atoms with Gasteiger partial charge in [-0.25, -0.2) is 4.68 Å². The number of benzene rings is 1. The minimum atomic E-state index is -0.512. The minimum Gasteiger partial charge on any atom is -0.399 e. The number of aromatic nitrogens is 2. The lowest BCUT2D eigenvalue weighted by Gasteiger charge is -2.09. The van der Waals surface area contributed by atoms with E-state index in [1.807, 2.05) is 20.8 Å². The predicted molar refractivity (Wildman–Crippen MR) is 70.7 cm³/mol. The molecule has 4 N–H and O–H groups in total. The Hall–Kier alpha value is -2.30. The highest BCUT2D eigenvalue weighted by molar-refractivity contribution is 5.97. The first-order chi connectivity index (χ1) is 8.41. The van der Waals surface area contributed by atoms with Crippen LogP contribution in [-0.4, -0.2) is 15.7 Å². The van der Waals surface area contributed by atoms with Crippen LogP contribution in [0.5, 0.6) is 0 Å². The van der Waals surface area contributed by atoms with Crippen LogP contribution >= 0.6 is 0 Å². The number of aryl methyl sites for hydroxylation is 1. The molecule has 0 atom stereocenters. The van der Waals surface area contributed by atoms with Crippen LogP contribution in [-0.2, 0) is 0 Å². The number of rotatable bonds is 2. The Morgan fingerprint density at radius 3 is 2.44 bits per heavy atom. The molecule has 0 radical (unpaired) electrons. The molecule has 0 aliphatic heterocycles. The first-order valence-corrected chi connectivity index (χ1v) is 5.64. The first kappa shape index (κ1) is 12.2. The van der Waals surface area contributed by atoms with Gasteiger partial charge in [0.1, 0.15) is 0 Å². The van der Waals surface area contributed by atoms with Gasteiger partial charge in [0.25, 0.3) is 5.91 Å². The van der Waals surface area contributed by atoms with Gasteiger partial charge in [-0.1, -0.05) is 0 Å². The molecule has 1 amide bonds. The zero-order valence-electron chi connectivity index (χ0n) is 10.7. The third-order valence-corrected chi connectivity index (χ3v) is 3.17. The summed E-state index contributed by atoms with van der Waals surface area (Å²) in [5.41, 5.74) is 15.6. The summed E-state index contributed by atoms with van der Waals surface area (Å²) in [6.07, 6.45) is 0. The van der Waals surface area contributed by atoms with E-state index in [0.717, 1.165) is 17.0 Å². The maximum atomic E-state index is 11.5. The van der Waals surface area contributed by atoms with E-state index in [-0.39, 0.29) is 0 Å². The van der Waals surface area contributed by atoms with Crippen LogP contribution in [0.1, 0.15) is 27.3 Å². The Morgan fingerprint density at radius 1 is 1.28 bits per heavy atom. The SMILES string of the molecule is Cc1nn(-c2ccc(N)cc2C(N)=O)c(C)c1C. The molecule has 1 aromatic carbocycles. The highest BCUT2D eigenvalue weighted by atomic mass is 16.1. The molecular formula is C13H16N4O. The maximum Gasteiger partial charge on any atom is 0.250 e. The molecule has 0 aliphatic rings. The third kappa shape index (κ3) is 1.84. The van der Waals surface area contributed by atoms with Gasteiger partial charge < -0.3 is 11.5 Å². The van der Waals surface area contributed by atoms with Crippen molar-refractivity contribution < 1.29 is 4.79 Å². The molecule has 0 saturated heterocycles. The zero-order valence-corrected chi connectivity index (χ0v) is 10.7. The largest absolute Gasteiger partial charge is 0.399 e. The number of hydrogen-bond acceptors (Lipinski definition) is 3. The lowest BCUT2D eigenvalue weighted by Crippen LogP contribution is -2.16. The van der Waals surface area contributed by atoms with Crippen molar-refractivity contribution in [3.8, 4) is 5.69 Å². The van der Waals surface area contributed by atoms with E-state index < -0.39 is 5.91 Å². The summed E-state index contributed by atoms with van der Waals surface area (Å²) < 4.78 is 1.73. The number of primary amides is 1. The molecule has 0 fully saturated rings. The van der Waals surface area contributed by atoms with E-state index in [1.165, 1.54) is 0 Å². The van der Waals surface area contributed by atoms with Crippen LogP contribution in [0.4, 0.5) is 5.69 Å². The number of amides is 1. The molecule has 18 heavy (non-hydrogen) atoms. The van der Waals surface area contributed by atoms with Gasteiger partial charge in [0, 0.05) is 11.4 Å². The Labute approximate surface area is 105 Å². The first-order valence-electron chi connectivity index (χ1n) is 5.64. The molecule has 0 aliphatic carbocycles. The van der Waals surface area contributed by atoms with Crippen molar-refractivity contribution in [2.45, 2.75) is 20.8 Å². The van der Waals surface area contributed by atoms with Crippen LogP contribution < -0.4 is 11.5 Å². The molecule has 1 heterocycles. The highest BCUT2D eigenvalue weighted by Gasteiger charge is 2.15. The predicted octanol–water partition coefficient (Wildman–Crippen LogP) is 1.48. The van der Waals surface area contributed by atoms with Crippen molar-refractivity contribution in [1.29, 1.82) is 0 Å². The second-order valence-corrected chi connectivity index (χ2v) is 4.35. The van der Waals surface area contributed by atoms with Crippen molar-refractivity contribution in [3.63, 3.8) is 0 Å². The summed E-state index contributed by atoms with van der Waals surface area (Å²) in [7, 11) is 0. The van der Waals surface area contributed by atoms with Crippen LogP contribution in [0.25, 0.3) is 5.69 Å². The van der Waals surface area contributed by atoms with Gasteiger partial charge in [-0.2, -0.15) is 5.10 Å². The molecule has 2 aromatic rings. The van der Waals surface area contributed by atoms with Crippen molar-refractivity contribution >= 4 is 11.6 Å². The van der Waals surface area contributed by atoms with Crippen LogP contribution in [0, 0.1) is 20.8 Å². The smallest absolute Gasteiger partial charge is 0.250 e. The quantitative estimate of drug-likeness (QED) is 0.784. The second-order valence-electron chi connectivity index (χ2n) is 4.35. The standard InChI is InChI=1S/C13H16N4O/c1-7-8(2)16-17(9(7)3)12-5-4-10(14)6-11(12)13(15)18/h4-6H,14H2,1-3H3,(H2,15,18). The molecule has 5 nitrogen and oxygen atoms in total. The zero-order chi connectivity index (χ0) is 13.4. The maximum absolute atomic E-state index is 11.5. The normalized spacial score (nSPS) is 10.6. The Kier molecular flexibility index (Phi) is 2.82. The fourth-order valence-corrected chi connectivity index (χ4v) is 1.89. The Bertz CT molecular complexity index is 628. The average molecular weight is 244 g/mol. The fourth-order valence-electron chi connectivity index (χ4n) is 1.89. The van der Waals surface area contributed by atoms with E-state index in [0.29, 0.717) is 16.9 Å². The van der Waals surface area contributed by atoms with Crippen LogP contribution in [0.3, 0.4) is 0 Å². The van der Waals surface area contributed by atoms with Crippen molar-refractivity contribution in [3.05, 3.63) is 40.7 Å². The van der Waals surface area contributed by atoms with Gasteiger partial charge in [0.2, 0.25) is 0 Å². The van der Waals surface area contributed by atoms with Crippen LogP contribution in [0.15, 0.2) is 18.2 Å². The van der Waals surface area contributed by atoms with E-state index >= 15 is 0 Å². The van der Waals surface area contributed by atoms with E-state index in [9.17, 15) is 4.79 Å². The third-order valence-electron chi connectivity index (χ3n) is 3.17. The number of carbonyl (C=O) groups excluding carboxylic acids is 1. The molecular weight excluding hydrogens is 228 g/mol. The lowest BCUT2D eigenvalue weighted by atomic mass is 10.1.